The Kier molecular flexibility index (Phi) is 3.11. The fourth-order valence-corrected chi connectivity index (χ4v) is 2.40. The highest BCUT2D eigenvalue weighted by atomic mass is 19.1. The molecular weight excluding hydrogens is 255 g/mol. The van der Waals surface area contributed by atoms with Crippen molar-refractivity contribution in [2.24, 2.45) is 0 Å². The van der Waals surface area contributed by atoms with Crippen molar-refractivity contribution in [1.82, 2.24) is 0 Å². The van der Waals surface area contributed by atoms with E-state index >= 15 is 0 Å². The van der Waals surface area contributed by atoms with Crippen LogP contribution in [0.1, 0.15) is 21.5 Å². The van der Waals surface area contributed by atoms with Gasteiger partial charge in [-0.05, 0) is 47.5 Å². The number of fused-ring (bicyclic) bond motifs is 1. The second kappa shape index (κ2) is 4.93. The van der Waals surface area contributed by atoms with E-state index in [1.807, 2.05) is 12.1 Å². The van der Waals surface area contributed by atoms with Gasteiger partial charge in [-0.25, -0.2) is 4.39 Å². The number of hydrogen-bond acceptors (Lipinski definition) is 2. The molecule has 0 amide bonds. The van der Waals surface area contributed by atoms with E-state index < -0.39 is 0 Å². The molecule has 2 aromatic carbocycles. The van der Waals surface area contributed by atoms with E-state index in [1.165, 1.54) is 12.1 Å². The summed E-state index contributed by atoms with van der Waals surface area (Å²) in [4.78, 5) is 12.3. The number of halogens is 1. The van der Waals surface area contributed by atoms with Gasteiger partial charge in [0.15, 0.2) is 5.78 Å². The molecule has 3 rings (SSSR count). The van der Waals surface area contributed by atoms with Gasteiger partial charge in [0, 0.05) is 17.6 Å². The molecule has 0 spiro atoms. The first-order valence-corrected chi connectivity index (χ1v) is 6.35. The number of carbonyl (C=O) groups is 1. The molecule has 0 fully saturated rings. The van der Waals surface area contributed by atoms with Crippen LogP contribution >= 0.6 is 0 Å². The molecule has 0 aromatic heterocycles. The lowest BCUT2D eigenvalue weighted by molar-refractivity contribution is 0.104. The van der Waals surface area contributed by atoms with E-state index in [2.05, 4.69) is 0 Å². The summed E-state index contributed by atoms with van der Waals surface area (Å²) >= 11 is 0. The average molecular weight is 268 g/mol. The van der Waals surface area contributed by atoms with Crippen molar-refractivity contribution in [2.45, 2.75) is 6.42 Å². The van der Waals surface area contributed by atoms with E-state index in [1.54, 1.807) is 31.4 Å². The van der Waals surface area contributed by atoms with Crippen molar-refractivity contribution in [3.63, 3.8) is 0 Å². The number of benzene rings is 2. The highest BCUT2D eigenvalue weighted by molar-refractivity contribution is 6.15. The van der Waals surface area contributed by atoms with E-state index in [9.17, 15) is 9.18 Å². The minimum absolute atomic E-state index is 0.0342. The Labute approximate surface area is 116 Å². The van der Waals surface area contributed by atoms with Gasteiger partial charge >= 0.3 is 0 Å². The molecule has 2 nitrogen and oxygen atoms in total. The van der Waals surface area contributed by atoms with Crippen LogP contribution in [0.3, 0.4) is 0 Å². The summed E-state index contributed by atoms with van der Waals surface area (Å²) in [6.07, 6.45) is 2.40. The second-order valence-electron chi connectivity index (χ2n) is 4.75. The van der Waals surface area contributed by atoms with Crippen LogP contribution in [-0.2, 0) is 6.42 Å². The lowest BCUT2D eigenvalue weighted by Crippen LogP contribution is -1.95. The molecule has 0 saturated heterocycles. The number of ketones is 1. The fourth-order valence-electron chi connectivity index (χ4n) is 2.40. The third-order valence-corrected chi connectivity index (χ3v) is 3.44. The van der Waals surface area contributed by atoms with Gasteiger partial charge in [0.05, 0.1) is 7.11 Å². The largest absolute Gasteiger partial charge is 0.497 e. The number of methoxy groups -OCH3 is 1. The Hall–Kier alpha value is -2.42. The van der Waals surface area contributed by atoms with Crippen molar-refractivity contribution < 1.29 is 13.9 Å². The molecule has 1 aliphatic carbocycles. The lowest BCUT2D eigenvalue weighted by atomic mass is 10.1. The van der Waals surface area contributed by atoms with E-state index in [4.69, 9.17) is 4.74 Å². The average Bonchev–Trinajstić information content (AvgIpc) is 2.77. The molecule has 1 aliphatic rings. The number of hydrogen-bond donors (Lipinski definition) is 0. The van der Waals surface area contributed by atoms with Crippen molar-refractivity contribution in [1.29, 1.82) is 0 Å². The Morgan fingerprint density at radius 3 is 2.60 bits per heavy atom. The first kappa shape index (κ1) is 12.6. The van der Waals surface area contributed by atoms with Crippen molar-refractivity contribution in [3.8, 4) is 5.75 Å². The third-order valence-electron chi connectivity index (χ3n) is 3.44. The monoisotopic (exact) mass is 268 g/mol. The predicted molar refractivity (Wildman–Crippen MR) is 75.4 cm³/mol. The fraction of sp³-hybridized carbons (Fsp3) is 0.118. The topological polar surface area (TPSA) is 26.3 Å². The number of rotatable bonds is 2. The quantitative estimate of drug-likeness (QED) is 0.777. The molecule has 0 aliphatic heterocycles. The van der Waals surface area contributed by atoms with Gasteiger partial charge in [0.1, 0.15) is 11.6 Å². The third kappa shape index (κ3) is 2.23. The van der Waals surface area contributed by atoms with Crippen LogP contribution in [0.2, 0.25) is 0 Å². The molecule has 0 atom stereocenters. The van der Waals surface area contributed by atoms with Crippen LogP contribution < -0.4 is 4.74 Å². The van der Waals surface area contributed by atoms with Crippen LogP contribution in [0.5, 0.6) is 5.75 Å². The van der Waals surface area contributed by atoms with Crippen LogP contribution in [0.25, 0.3) is 6.08 Å². The zero-order valence-corrected chi connectivity index (χ0v) is 11.0. The maximum atomic E-state index is 12.9. The second-order valence-corrected chi connectivity index (χ2v) is 4.75. The molecule has 0 N–H and O–H groups in total. The highest BCUT2D eigenvalue weighted by Gasteiger charge is 2.24. The minimum atomic E-state index is -0.280. The van der Waals surface area contributed by atoms with Crippen LogP contribution in [0, 0.1) is 5.82 Å². The van der Waals surface area contributed by atoms with Crippen LogP contribution in [0.15, 0.2) is 48.0 Å². The molecular formula is C17H13FO2. The zero-order valence-electron chi connectivity index (χ0n) is 11.0. The lowest BCUT2D eigenvalue weighted by Gasteiger charge is -2.01. The minimum Gasteiger partial charge on any atom is -0.497 e. The first-order valence-electron chi connectivity index (χ1n) is 6.35. The molecule has 20 heavy (non-hydrogen) atoms. The summed E-state index contributed by atoms with van der Waals surface area (Å²) in [7, 11) is 1.60. The summed E-state index contributed by atoms with van der Waals surface area (Å²) in [5, 5.41) is 0. The molecule has 100 valence electrons. The molecule has 0 unspecified atom stereocenters. The Morgan fingerprint density at radius 2 is 1.90 bits per heavy atom. The van der Waals surface area contributed by atoms with E-state index in [0.29, 0.717) is 6.42 Å². The Morgan fingerprint density at radius 1 is 1.15 bits per heavy atom. The molecule has 0 radical (unpaired) electrons. The van der Waals surface area contributed by atoms with Crippen molar-refractivity contribution in [3.05, 3.63) is 70.5 Å². The SMILES string of the molecule is COc1ccc2c(c1)C/C(=C\c1ccc(F)cc1)C2=O. The van der Waals surface area contributed by atoms with E-state index in [-0.39, 0.29) is 11.6 Å². The summed E-state index contributed by atoms with van der Waals surface area (Å²) in [6.45, 7) is 0. The standard InChI is InChI=1S/C17H13FO2/c1-20-15-6-7-16-12(10-15)9-13(17(16)19)8-11-2-4-14(18)5-3-11/h2-8,10H,9H2,1H3/b13-8+. The molecule has 0 heterocycles. The summed E-state index contributed by atoms with van der Waals surface area (Å²) in [5.74, 6) is 0.504. The summed E-state index contributed by atoms with van der Waals surface area (Å²) in [6, 6.07) is 11.6. The summed E-state index contributed by atoms with van der Waals surface area (Å²) < 4.78 is 18.0. The van der Waals surface area contributed by atoms with Crippen LogP contribution in [-0.4, -0.2) is 12.9 Å². The van der Waals surface area contributed by atoms with Gasteiger partial charge < -0.3 is 4.74 Å². The van der Waals surface area contributed by atoms with Crippen LogP contribution in [0.4, 0.5) is 4.39 Å². The Bertz CT molecular complexity index is 699. The van der Waals surface area contributed by atoms with Gasteiger partial charge in [-0.3, -0.25) is 4.79 Å². The van der Waals surface area contributed by atoms with Crippen molar-refractivity contribution >= 4 is 11.9 Å². The smallest absolute Gasteiger partial charge is 0.189 e. The number of carbonyl (C=O) groups excluding carboxylic acids is 1. The van der Waals surface area contributed by atoms with Gasteiger partial charge in [0.25, 0.3) is 0 Å². The van der Waals surface area contributed by atoms with Crippen molar-refractivity contribution in [2.75, 3.05) is 7.11 Å². The van der Waals surface area contributed by atoms with Gasteiger partial charge in [-0.2, -0.15) is 0 Å². The summed E-state index contributed by atoms with van der Waals surface area (Å²) in [5.41, 5.74) is 3.25. The number of Topliss-reactive ketones (excluding diaryl/α,β-unsaturated/α-hetero) is 1. The molecule has 0 saturated carbocycles. The molecule has 3 heteroatoms. The van der Waals surface area contributed by atoms with E-state index in [0.717, 1.165) is 28.0 Å². The highest BCUT2D eigenvalue weighted by Crippen LogP contribution is 2.30. The van der Waals surface area contributed by atoms with Gasteiger partial charge in [0.2, 0.25) is 0 Å². The molecule has 0 bridgehead atoms. The number of ether oxygens (including phenoxy) is 1. The molecule has 2 aromatic rings. The van der Waals surface area contributed by atoms with Gasteiger partial charge in [-0.1, -0.05) is 12.1 Å². The predicted octanol–water partition coefficient (Wildman–Crippen LogP) is 3.66. The first-order chi connectivity index (χ1) is 9.67. The zero-order chi connectivity index (χ0) is 14.1. The number of allylic oxidation sites excluding steroid dienone is 1. The maximum absolute atomic E-state index is 12.9. The van der Waals surface area contributed by atoms with Gasteiger partial charge in [-0.15, -0.1) is 0 Å². The maximum Gasteiger partial charge on any atom is 0.189 e. The normalized spacial score (nSPS) is 15.5. The Balaban J connectivity index is 1.94.